The molecule has 0 saturated heterocycles. The largest absolute Gasteiger partial charge is 0.387 e. The molecule has 2 aromatic rings. The van der Waals surface area contributed by atoms with Gasteiger partial charge in [-0.1, -0.05) is 42.5 Å². The molecule has 0 aliphatic carbocycles. The van der Waals surface area contributed by atoms with Crippen LogP contribution in [0.25, 0.3) is 0 Å². The Morgan fingerprint density at radius 2 is 1.50 bits per heavy atom. The van der Waals surface area contributed by atoms with E-state index in [0.29, 0.717) is 5.56 Å². The van der Waals surface area contributed by atoms with Crippen molar-refractivity contribution in [2.75, 3.05) is 0 Å². The fraction of sp³-hybridized carbons (Fsp3) is 0.294. The lowest BCUT2D eigenvalue weighted by Gasteiger charge is -2.25. The molecular formula is C17H20FNO. The van der Waals surface area contributed by atoms with E-state index in [2.05, 4.69) is 24.4 Å². The first-order valence-electron chi connectivity index (χ1n) is 6.82. The molecule has 0 aliphatic rings. The van der Waals surface area contributed by atoms with Gasteiger partial charge in [-0.05, 0) is 37.1 Å². The van der Waals surface area contributed by atoms with Crippen LogP contribution in [0.15, 0.2) is 54.6 Å². The van der Waals surface area contributed by atoms with Crippen LogP contribution in [-0.4, -0.2) is 11.1 Å². The van der Waals surface area contributed by atoms with E-state index in [1.54, 1.807) is 12.1 Å². The van der Waals surface area contributed by atoms with Crippen molar-refractivity contribution in [2.45, 2.75) is 32.0 Å². The first-order valence-corrected chi connectivity index (χ1v) is 6.82. The van der Waals surface area contributed by atoms with Crippen LogP contribution in [0.1, 0.15) is 37.1 Å². The van der Waals surface area contributed by atoms with Crippen molar-refractivity contribution in [3.05, 3.63) is 71.5 Å². The quantitative estimate of drug-likeness (QED) is 0.872. The van der Waals surface area contributed by atoms with Crippen molar-refractivity contribution in [2.24, 2.45) is 0 Å². The minimum atomic E-state index is -0.665. The molecule has 0 aliphatic heterocycles. The summed E-state index contributed by atoms with van der Waals surface area (Å²) in [7, 11) is 0. The molecule has 0 heterocycles. The Labute approximate surface area is 119 Å². The summed E-state index contributed by atoms with van der Waals surface area (Å²) in [6, 6.07) is 16.0. The van der Waals surface area contributed by atoms with Crippen molar-refractivity contribution < 1.29 is 9.50 Å². The van der Waals surface area contributed by atoms with Crippen LogP contribution in [0, 0.1) is 5.82 Å². The lowest BCUT2D eigenvalue weighted by atomic mass is 10.0. The van der Waals surface area contributed by atoms with Gasteiger partial charge in [0.25, 0.3) is 0 Å². The van der Waals surface area contributed by atoms with Gasteiger partial charge in [0.2, 0.25) is 0 Å². The summed E-state index contributed by atoms with van der Waals surface area (Å²) in [6.45, 7) is 3.98. The summed E-state index contributed by atoms with van der Waals surface area (Å²) in [4.78, 5) is 0. The topological polar surface area (TPSA) is 32.3 Å². The number of hydrogen-bond acceptors (Lipinski definition) is 2. The van der Waals surface area contributed by atoms with E-state index in [1.165, 1.54) is 17.7 Å². The van der Waals surface area contributed by atoms with E-state index in [0.717, 1.165) is 0 Å². The maximum atomic E-state index is 12.9. The van der Waals surface area contributed by atoms with E-state index in [1.807, 2.05) is 25.1 Å². The van der Waals surface area contributed by atoms with Crippen molar-refractivity contribution in [3.63, 3.8) is 0 Å². The van der Waals surface area contributed by atoms with Gasteiger partial charge >= 0.3 is 0 Å². The summed E-state index contributed by atoms with van der Waals surface area (Å²) >= 11 is 0. The molecule has 0 aromatic heterocycles. The Kier molecular flexibility index (Phi) is 4.88. The van der Waals surface area contributed by atoms with E-state index >= 15 is 0 Å². The van der Waals surface area contributed by atoms with Crippen LogP contribution < -0.4 is 5.32 Å². The van der Waals surface area contributed by atoms with Gasteiger partial charge in [0.05, 0.1) is 6.10 Å². The summed E-state index contributed by atoms with van der Waals surface area (Å²) in [6.07, 6.45) is -0.665. The molecule has 0 unspecified atom stereocenters. The molecule has 0 radical (unpaired) electrons. The van der Waals surface area contributed by atoms with Crippen molar-refractivity contribution in [1.29, 1.82) is 0 Å². The monoisotopic (exact) mass is 273 g/mol. The Balaban J connectivity index is 2.00. The van der Waals surface area contributed by atoms with Crippen LogP contribution in [-0.2, 0) is 0 Å². The second-order valence-electron chi connectivity index (χ2n) is 5.08. The molecule has 0 bridgehead atoms. The van der Waals surface area contributed by atoms with E-state index in [-0.39, 0.29) is 17.9 Å². The lowest BCUT2D eigenvalue weighted by Crippen LogP contribution is -2.34. The molecule has 0 fully saturated rings. The Bertz CT molecular complexity index is 526. The maximum absolute atomic E-state index is 12.9. The molecule has 3 heteroatoms. The molecule has 2 N–H and O–H groups in total. The molecule has 2 aromatic carbocycles. The summed E-state index contributed by atoms with van der Waals surface area (Å²) in [5.74, 6) is -0.292. The first kappa shape index (κ1) is 14.7. The van der Waals surface area contributed by atoms with E-state index in [9.17, 15) is 9.50 Å². The molecule has 2 nitrogen and oxygen atoms in total. The van der Waals surface area contributed by atoms with Gasteiger partial charge < -0.3 is 10.4 Å². The fourth-order valence-corrected chi connectivity index (χ4v) is 2.27. The molecule has 0 amide bonds. The van der Waals surface area contributed by atoms with Crippen LogP contribution in [0.4, 0.5) is 4.39 Å². The van der Waals surface area contributed by atoms with E-state index < -0.39 is 6.10 Å². The Morgan fingerprint density at radius 1 is 0.900 bits per heavy atom. The third-order valence-corrected chi connectivity index (χ3v) is 3.50. The SMILES string of the molecule is C[C@H](N[C@H](C)c1ccccc1)[C@@H](O)c1ccc(F)cc1. The summed E-state index contributed by atoms with van der Waals surface area (Å²) < 4.78 is 12.9. The second kappa shape index (κ2) is 6.64. The van der Waals surface area contributed by atoms with Crippen LogP contribution >= 0.6 is 0 Å². The standard InChI is InChI=1S/C17H20FNO/c1-12(14-6-4-3-5-7-14)19-13(2)17(20)15-8-10-16(18)11-9-15/h3-13,17,19-20H,1-2H3/t12-,13+,17-/m1/s1. The van der Waals surface area contributed by atoms with Gasteiger partial charge in [-0.25, -0.2) is 4.39 Å². The number of hydrogen-bond donors (Lipinski definition) is 2. The van der Waals surface area contributed by atoms with Crippen LogP contribution in [0.2, 0.25) is 0 Å². The average Bonchev–Trinajstić information content (AvgIpc) is 2.48. The zero-order valence-electron chi connectivity index (χ0n) is 11.8. The number of aliphatic hydroxyl groups is 1. The second-order valence-corrected chi connectivity index (χ2v) is 5.08. The minimum Gasteiger partial charge on any atom is -0.387 e. The molecular weight excluding hydrogens is 253 g/mol. The van der Waals surface area contributed by atoms with E-state index in [4.69, 9.17) is 0 Å². The number of benzene rings is 2. The lowest BCUT2D eigenvalue weighted by molar-refractivity contribution is 0.130. The first-order chi connectivity index (χ1) is 9.58. The van der Waals surface area contributed by atoms with Crippen molar-refractivity contribution in [3.8, 4) is 0 Å². The number of halogens is 1. The van der Waals surface area contributed by atoms with Gasteiger partial charge in [0.1, 0.15) is 5.82 Å². The normalized spacial score (nSPS) is 15.6. The number of aliphatic hydroxyl groups excluding tert-OH is 1. The summed E-state index contributed by atoms with van der Waals surface area (Å²) in [5.41, 5.74) is 1.89. The molecule has 106 valence electrons. The highest BCUT2D eigenvalue weighted by atomic mass is 19.1. The Morgan fingerprint density at radius 3 is 2.10 bits per heavy atom. The zero-order valence-corrected chi connectivity index (χ0v) is 11.8. The van der Waals surface area contributed by atoms with Crippen molar-refractivity contribution in [1.82, 2.24) is 5.32 Å². The maximum Gasteiger partial charge on any atom is 0.123 e. The molecule has 2 rings (SSSR count). The third-order valence-electron chi connectivity index (χ3n) is 3.50. The zero-order chi connectivity index (χ0) is 14.5. The number of rotatable bonds is 5. The highest BCUT2D eigenvalue weighted by molar-refractivity contribution is 5.21. The fourth-order valence-electron chi connectivity index (χ4n) is 2.27. The Hall–Kier alpha value is -1.71. The molecule has 0 saturated carbocycles. The average molecular weight is 273 g/mol. The predicted molar refractivity (Wildman–Crippen MR) is 78.8 cm³/mol. The highest BCUT2D eigenvalue weighted by Gasteiger charge is 2.18. The third kappa shape index (κ3) is 3.65. The van der Waals surface area contributed by atoms with Gasteiger partial charge in [-0.2, -0.15) is 0 Å². The highest BCUT2D eigenvalue weighted by Crippen LogP contribution is 2.20. The van der Waals surface area contributed by atoms with Gasteiger partial charge in [0, 0.05) is 12.1 Å². The minimum absolute atomic E-state index is 0.129. The van der Waals surface area contributed by atoms with Gasteiger partial charge in [-0.3, -0.25) is 0 Å². The molecule has 20 heavy (non-hydrogen) atoms. The van der Waals surface area contributed by atoms with Gasteiger partial charge in [-0.15, -0.1) is 0 Å². The van der Waals surface area contributed by atoms with Crippen molar-refractivity contribution >= 4 is 0 Å². The predicted octanol–water partition coefficient (Wildman–Crippen LogP) is 3.60. The smallest absolute Gasteiger partial charge is 0.123 e. The molecule has 0 spiro atoms. The summed E-state index contributed by atoms with van der Waals surface area (Å²) in [5, 5.41) is 13.7. The van der Waals surface area contributed by atoms with Gasteiger partial charge in [0.15, 0.2) is 0 Å². The molecule has 3 atom stereocenters. The number of nitrogens with one attached hydrogen (secondary N) is 1. The van der Waals surface area contributed by atoms with Crippen LogP contribution in [0.3, 0.4) is 0 Å². The van der Waals surface area contributed by atoms with Crippen LogP contribution in [0.5, 0.6) is 0 Å².